The van der Waals surface area contributed by atoms with Gasteiger partial charge in [-0.3, -0.25) is 0 Å². The molecule has 2 heteroatoms. The van der Waals surface area contributed by atoms with E-state index in [1.54, 1.807) is 7.11 Å². The Morgan fingerprint density at radius 2 is 2.22 bits per heavy atom. The molecule has 1 aliphatic rings. The van der Waals surface area contributed by atoms with Crippen molar-refractivity contribution in [3.8, 4) is 5.75 Å². The molecule has 1 saturated carbocycles. The van der Waals surface area contributed by atoms with E-state index in [1.807, 2.05) is 18.2 Å². The van der Waals surface area contributed by atoms with Gasteiger partial charge in [-0.15, -0.1) is 0 Å². The molecule has 0 amide bonds. The number of hydrogen-bond acceptors (Lipinski definition) is 2. The fraction of sp³-hybridized carbons (Fsp3) is 0.625. The van der Waals surface area contributed by atoms with Crippen LogP contribution in [-0.4, -0.2) is 18.3 Å². The quantitative estimate of drug-likeness (QED) is 0.884. The van der Waals surface area contributed by atoms with Gasteiger partial charge >= 0.3 is 0 Å². The van der Waals surface area contributed by atoms with Crippen LogP contribution in [0.4, 0.5) is 0 Å². The second kappa shape index (κ2) is 5.31. The van der Waals surface area contributed by atoms with E-state index in [1.165, 1.54) is 12.8 Å². The SMILES string of the molecule is COc1cccc(CC(O)C2CCCC2(C)C)c1. The van der Waals surface area contributed by atoms with Gasteiger partial charge in [-0.05, 0) is 48.3 Å². The Hall–Kier alpha value is -1.02. The van der Waals surface area contributed by atoms with E-state index in [0.717, 1.165) is 24.2 Å². The third kappa shape index (κ3) is 2.86. The Balaban J connectivity index is 2.04. The van der Waals surface area contributed by atoms with Crippen LogP contribution in [0.15, 0.2) is 24.3 Å². The topological polar surface area (TPSA) is 29.5 Å². The van der Waals surface area contributed by atoms with Crippen molar-refractivity contribution >= 4 is 0 Å². The summed E-state index contributed by atoms with van der Waals surface area (Å²) in [4.78, 5) is 0. The van der Waals surface area contributed by atoms with Gasteiger partial charge in [0.1, 0.15) is 5.75 Å². The Morgan fingerprint density at radius 1 is 1.44 bits per heavy atom. The van der Waals surface area contributed by atoms with Crippen LogP contribution in [-0.2, 0) is 6.42 Å². The first kappa shape index (κ1) is 13.4. The maximum absolute atomic E-state index is 10.5. The van der Waals surface area contributed by atoms with E-state index in [-0.39, 0.29) is 11.5 Å². The smallest absolute Gasteiger partial charge is 0.119 e. The number of aliphatic hydroxyl groups excluding tert-OH is 1. The average molecular weight is 248 g/mol. The van der Waals surface area contributed by atoms with E-state index in [9.17, 15) is 5.11 Å². The summed E-state index contributed by atoms with van der Waals surface area (Å²) >= 11 is 0. The van der Waals surface area contributed by atoms with Crippen LogP contribution in [0.2, 0.25) is 0 Å². The van der Waals surface area contributed by atoms with E-state index in [4.69, 9.17) is 4.74 Å². The van der Waals surface area contributed by atoms with E-state index < -0.39 is 0 Å². The van der Waals surface area contributed by atoms with Crippen LogP contribution < -0.4 is 4.74 Å². The number of methoxy groups -OCH3 is 1. The van der Waals surface area contributed by atoms with Crippen LogP contribution in [0.25, 0.3) is 0 Å². The number of benzene rings is 1. The normalized spacial score (nSPS) is 23.9. The minimum absolute atomic E-state index is 0.241. The molecule has 2 atom stereocenters. The molecule has 1 aliphatic carbocycles. The van der Waals surface area contributed by atoms with Crippen LogP contribution in [0.5, 0.6) is 5.75 Å². The second-order valence-electron chi connectivity index (χ2n) is 6.11. The van der Waals surface area contributed by atoms with Gasteiger partial charge < -0.3 is 9.84 Å². The molecular weight excluding hydrogens is 224 g/mol. The molecule has 18 heavy (non-hydrogen) atoms. The zero-order chi connectivity index (χ0) is 13.2. The molecule has 100 valence electrons. The van der Waals surface area contributed by atoms with Gasteiger partial charge in [-0.2, -0.15) is 0 Å². The molecule has 0 saturated heterocycles. The molecule has 1 fully saturated rings. The molecule has 1 aromatic rings. The second-order valence-corrected chi connectivity index (χ2v) is 6.11. The van der Waals surface area contributed by atoms with Crippen LogP contribution in [0.1, 0.15) is 38.7 Å². The van der Waals surface area contributed by atoms with Gasteiger partial charge in [0.15, 0.2) is 0 Å². The number of aliphatic hydroxyl groups is 1. The lowest BCUT2D eigenvalue weighted by Gasteiger charge is -2.31. The largest absolute Gasteiger partial charge is 0.497 e. The van der Waals surface area contributed by atoms with E-state index in [0.29, 0.717) is 5.92 Å². The summed E-state index contributed by atoms with van der Waals surface area (Å²) in [6.45, 7) is 4.55. The first-order chi connectivity index (χ1) is 8.53. The summed E-state index contributed by atoms with van der Waals surface area (Å²) in [7, 11) is 1.68. The number of ether oxygens (including phenoxy) is 1. The highest BCUT2D eigenvalue weighted by molar-refractivity contribution is 5.28. The summed E-state index contributed by atoms with van der Waals surface area (Å²) < 4.78 is 5.22. The standard InChI is InChI=1S/C16H24O2/c1-16(2)9-5-8-14(16)15(17)11-12-6-4-7-13(10-12)18-3/h4,6-7,10,14-15,17H,5,8-9,11H2,1-3H3. The van der Waals surface area contributed by atoms with Gasteiger partial charge in [0, 0.05) is 0 Å². The van der Waals surface area contributed by atoms with Crippen LogP contribution >= 0.6 is 0 Å². The molecule has 1 aromatic carbocycles. The molecule has 0 bridgehead atoms. The average Bonchev–Trinajstić information content (AvgIpc) is 2.69. The lowest BCUT2D eigenvalue weighted by Crippen LogP contribution is -2.31. The van der Waals surface area contributed by atoms with Gasteiger partial charge in [0.05, 0.1) is 13.2 Å². The van der Waals surface area contributed by atoms with Crippen molar-refractivity contribution in [2.75, 3.05) is 7.11 Å². The highest BCUT2D eigenvalue weighted by Gasteiger charge is 2.38. The third-order valence-corrected chi connectivity index (χ3v) is 4.38. The van der Waals surface area contributed by atoms with Crippen LogP contribution in [0.3, 0.4) is 0 Å². The Kier molecular flexibility index (Phi) is 3.96. The van der Waals surface area contributed by atoms with E-state index in [2.05, 4.69) is 19.9 Å². The fourth-order valence-corrected chi connectivity index (χ4v) is 3.25. The first-order valence-corrected chi connectivity index (χ1v) is 6.84. The minimum Gasteiger partial charge on any atom is -0.497 e. The van der Waals surface area contributed by atoms with Crippen molar-refractivity contribution in [3.63, 3.8) is 0 Å². The molecule has 0 heterocycles. The predicted molar refractivity (Wildman–Crippen MR) is 73.8 cm³/mol. The lowest BCUT2D eigenvalue weighted by molar-refractivity contribution is 0.0542. The Bertz CT molecular complexity index is 398. The number of rotatable bonds is 4. The minimum atomic E-state index is -0.241. The third-order valence-electron chi connectivity index (χ3n) is 4.38. The van der Waals surface area contributed by atoms with Crippen molar-refractivity contribution in [3.05, 3.63) is 29.8 Å². The van der Waals surface area contributed by atoms with Crippen molar-refractivity contribution in [2.45, 2.75) is 45.6 Å². The predicted octanol–water partition coefficient (Wildman–Crippen LogP) is 3.42. The zero-order valence-corrected chi connectivity index (χ0v) is 11.6. The van der Waals surface area contributed by atoms with Gasteiger partial charge in [-0.25, -0.2) is 0 Å². The fourth-order valence-electron chi connectivity index (χ4n) is 3.25. The molecule has 0 radical (unpaired) electrons. The van der Waals surface area contributed by atoms with Gasteiger partial charge in [0.25, 0.3) is 0 Å². The number of hydrogen-bond donors (Lipinski definition) is 1. The first-order valence-electron chi connectivity index (χ1n) is 6.84. The zero-order valence-electron chi connectivity index (χ0n) is 11.6. The molecule has 2 rings (SSSR count). The summed E-state index contributed by atoms with van der Waals surface area (Å²) in [6, 6.07) is 8.01. The van der Waals surface area contributed by atoms with Crippen molar-refractivity contribution in [1.82, 2.24) is 0 Å². The molecule has 0 aliphatic heterocycles. The van der Waals surface area contributed by atoms with Crippen molar-refractivity contribution in [2.24, 2.45) is 11.3 Å². The Labute approximate surface area is 110 Å². The maximum Gasteiger partial charge on any atom is 0.119 e. The molecule has 1 N–H and O–H groups in total. The monoisotopic (exact) mass is 248 g/mol. The van der Waals surface area contributed by atoms with Gasteiger partial charge in [-0.1, -0.05) is 32.4 Å². The highest BCUT2D eigenvalue weighted by atomic mass is 16.5. The van der Waals surface area contributed by atoms with E-state index >= 15 is 0 Å². The van der Waals surface area contributed by atoms with Crippen LogP contribution in [0, 0.1) is 11.3 Å². The van der Waals surface area contributed by atoms with Crippen molar-refractivity contribution < 1.29 is 9.84 Å². The molecule has 0 spiro atoms. The summed E-state index contributed by atoms with van der Waals surface area (Å²) in [5.74, 6) is 1.29. The molecular formula is C16H24O2. The molecule has 2 unspecified atom stereocenters. The molecule has 2 nitrogen and oxygen atoms in total. The summed E-state index contributed by atoms with van der Waals surface area (Å²) in [5, 5.41) is 10.5. The van der Waals surface area contributed by atoms with Crippen molar-refractivity contribution in [1.29, 1.82) is 0 Å². The van der Waals surface area contributed by atoms with Gasteiger partial charge in [0.2, 0.25) is 0 Å². The molecule has 0 aromatic heterocycles. The Morgan fingerprint density at radius 3 is 2.83 bits per heavy atom. The summed E-state index contributed by atoms with van der Waals surface area (Å²) in [6.07, 6.45) is 4.11. The summed E-state index contributed by atoms with van der Waals surface area (Å²) in [5.41, 5.74) is 1.43. The lowest BCUT2D eigenvalue weighted by atomic mass is 9.77. The maximum atomic E-state index is 10.5. The highest BCUT2D eigenvalue weighted by Crippen LogP contribution is 2.44.